The summed E-state index contributed by atoms with van der Waals surface area (Å²) in [6, 6.07) is 12.1. The van der Waals surface area contributed by atoms with Crippen LogP contribution in [0.5, 0.6) is 0 Å². The Morgan fingerprint density at radius 2 is 1.64 bits per heavy atom. The Hall–Kier alpha value is -2.04. The van der Waals surface area contributed by atoms with E-state index in [4.69, 9.17) is 23.2 Å². The molecule has 25 heavy (non-hydrogen) atoms. The molecule has 0 unspecified atom stereocenters. The molecule has 2 aromatic rings. The smallest absolute Gasteiger partial charge is 0.253 e. The highest BCUT2D eigenvalue weighted by Gasteiger charge is 2.19. The topological polar surface area (TPSA) is 49.4 Å². The first kappa shape index (κ1) is 17.8. The molecule has 6 heteroatoms. The first-order chi connectivity index (χ1) is 12.0. The van der Waals surface area contributed by atoms with Crippen molar-refractivity contribution in [2.45, 2.75) is 19.3 Å². The monoisotopic (exact) mass is 376 g/mol. The van der Waals surface area contributed by atoms with Crippen molar-refractivity contribution in [1.29, 1.82) is 0 Å². The fraction of sp³-hybridized carbons (Fsp3) is 0.263. The number of nitrogens with one attached hydrogen (secondary N) is 1. The van der Waals surface area contributed by atoms with Crippen LogP contribution in [0.2, 0.25) is 10.0 Å². The lowest BCUT2D eigenvalue weighted by Gasteiger charge is -2.15. The van der Waals surface area contributed by atoms with E-state index in [0.29, 0.717) is 21.3 Å². The largest absolute Gasteiger partial charge is 0.339 e. The molecule has 1 saturated heterocycles. The van der Waals surface area contributed by atoms with E-state index in [1.165, 1.54) is 0 Å². The number of nitrogens with zero attached hydrogens (tertiary/aromatic N) is 1. The van der Waals surface area contributed by atoms with Crippen molar-refractivity contribution in [2.75, 3.05) is 18.4 Å². The fourth-order valence-corrected chi connectivity index (χ4v) is 3.16. The lowest BCUT2D eigenvalue weighted by atomic mass is 10.1. The van der Waals surface area contributed by atoms with E-state index in [1.54, 1.807) is 42.5 Å². The molecule has 1 N–H and O–H groups in total. The van der Waals surface area contributed by atoms with Gasteiger partial charge in [-0.3, -0.25) is 9.59 Å². The van der Waals surface area contributed by atoms with Gasteiger partial charge in [-0.1, -0.05) is 29.3 Å². The van der Waals surface area contributed by atoms with Crippen LogP contribution in [0.25, 0.3) is 0 Å². The molecule has 0 aromatic heterocycles. The lowest BCUT2D eigenvalue weighted by molar-refractivity contribution is -0.115. The molecule has 130 valence electrons. The summed E-state index contributed by atoms with van der Waals surface area (Å²) in [7, 11) is 0. The summed E-state index contributed by atoms with van der Waals surface area (Å²) in [5.41, 5.74) is 2.08. The van der Waals surface area contributed by atoms with Crippen LogP contribution in [0.15, 0.2) is 42.5 Å². The molecule has 2 aromatic carbocycles. The molecule has 0 atom stereocenters. The Morgan fingerprint density at radius 3 is 2.28 bits per heavy atom. The van der Waals surface area contributed by atoms with Gasteiger partial charge in [-0.15, -0.1) is 0 Å². The number of carbonyl (C=O) groups is 2. The van der Waals surface area contributed by atoms with Gasteiger partial charge in [0.25, 0.3) is 5.91 Å². The van der Waals surface area contributed by atoms with Gasteiger partial charge in [0.2, 0.25) is 5.91 Å². The molecule has 0 aliphatic carbocycles. The molecule has 1 heterocycles. The van der Waals surface area contributed by atoms with Gasteiger partial charge >= 0.3 is 0 Å². The van der Waals surface area contributed by atoms with Crippen LogP contribution in [-0.4, -0.2) is 29.8 Å². The molecule has 4 nitrogen and oxygen atoms in total. The van der Waals surface area contributed by atoms with E-state index in [9.17, 15) is 9.59 Å². The first-order valence-electron chi connectivity index (χ1n) is 8.16. The standard InChI is InChI=1S/C19H18Cl2N2O2/c20-16-8-3-13(11-17(16)21)12-18(24)22-15-6-4-14(5-7-15)19(25)23-9-1-2-10-23/h3-8,11H,1-2,9-10,12H2,(H,22,24). The van der Waals surface area contributed by atoms with Gasteiger partial charge in [0.15, 0.2) is 0 Å². The van der Waals surface area contributed by atoms with Crippen molar-refractivity contribution < 1.29 is 9.59 Å². The summed E-state index contributed by atoms with van der Waals surface area (Å²) in [5.74, 6) is -0.108. The zero-order valence-electron chi connectivity index (χ0n) is 13.6. The molecule has 2 amide bonds. The number of halogens is 2. The van der Waals surface area contributed by atoms with Crippen molar-refractivity contribution in [3.05, 3.63) is 63.6 Å². The Balaban J connectivity index is 1.59. The highest BCUT2D eigenvalue weighted by molar-refractivity contribution is 6.42. The third-order valence-corrected chi connectivity index (χ3v) is 4.90. The molecule has 3 rings (SSSR count). The lowest BCUT2D eigenvalue weighted by Crippen LogP contribution is -2.27. The summed E-state index contributed by atoms with van der Waals surface area (Å²) < 4.78 is 0. The number of carbonyl (C=O) groups excluding carboxylic acids is 2. The number of amides is 2. The van der Waals surface area contributed by atoms with Crippen LogP contribution in [0, 0.1) is 0 Å². The van der Waals surface area contributed by atoms with E-state index >= 15 is 0 Å². The van der Waals surface area contributed by atoms with Crippen molar-refractivity contribution in [3.63, 3.8) is 0 Å². The van der Waals surface area contributed by atoms with Gasteiger partial charge < -0.3 is 10.2 Å². The van der Waals surface area contributed by atoms with Crippen LogP contribution in [-0.2, 0) is 11.2 Å². The fourth-order valence-electron chi connectivity index (χ4n) is 2.84. The highest BCUT2D eigenvalue weighted by atomic mass is 35.5. The number of rotatable bonds is 4. The normalized spacial score (nSPS) is 13.8. The predicted octanol–water partition coefficient (Wildman–Crippen LogP) is 4.41. The van der Waals surface area contributed by atoms with Gasteiger partial charge in [-0.25, -0.2) is 0 Å². The van der Waals surface area contributed by atoms with Gasteiger partial charge in [0, 0.05) is 24.3 Å². The van der Waals surface area contributed by atoms with E-state index in [2.05, 4.69) is 5.32 Å². The average Bonchev–Trinajstić information content (AvgIpc) is 3.13. The van der Waals surface area contributed by atoms with Crippen LogP contribution in [0.1, 0.15) is 28.8 Å². The number of benzene rings is 2. The Bertz CT molecular complexity index is 785. The second-order valence-electron chi connectivity index (χ2n) is 6.05. The zero-order chi connectivity index (χ0) is 17.8. The maximum Gasteiger partial charge on any atom is 0.253 e. The van der Waals surface area contributed by atoms with Crippen molar-refractivity contribution in [2.24, 2.45) is 0 Å². The van der Waals surface area contributed by atoms with E-state index in [0.717, 1.165) is 31.5 Å². The van der Waals surface area contributed by atoms with Crippen molar-refractivity contribution >= 4 is 40.7 Å². The molecule has 0 saturated carbocycles. The van der Waals surface area contributed by atoms with E-state index in [1.807, 2.05) is 4.90 Å². The van der Waals surface area contributed by atoms with Gasteiger partial charge in [-0.05, 0) is 54.8 Å². The summed E-state index contributed by atoms with van der Waals surface area (Å²) in [4.78, 5) is 26.3. The summed E-state index contributed by atoms with van der Waals surface area (Å²) in [5, 5.41) is 3.71. The number of likely N-dealkylation sites (tertiary alicyclic amines) is 1. The molecular formula is C19H18Cl2N2O2. The minimum absolute atomic E-state index is 0.0474. The summed E-state index contributed by atoms with van der Waals surface area (Å²) in [6.45, 7) is 1.64. The SMILES string of the molecule is O=C(Cc1ccc(Cl)c(Cl)c1)Nc1ccc(C(=O)N2CCCC2)cc1. The maximum absolute atomic E-state index is 12.3. The first-order valence-corrected chi connectivity index (χ1v) is 8.91. The quantitative estimate of drug-likeness (QED) is 0.858. The highest BCUT2D eigenvalue weighted by Crippen LogP contribution is 2.23. The molecule has 0 bridgehead atoms. The van der Waals surface area contributed by atoms with Crippen LogP contribution in [0.4, 0.5) is 5.69 Å². The third-order valence-electron chi connectivity index (χ3n) is 4.16. The molecule has 0 spiro atoms. The molecule has 1 fully saturated rings. The van der Waals surface area contributed by atoms with Gasteiger partial charge in [0.1, 0.15) is 0 Å². The molecule has 1 aliphatic heterocycles. The molecule has 0 radical (unpaired) electrons. The van der Waals surface area contributed by atoms with Crippen molar-refractivity contribution in [1.82, 2.24) is 4.90 Å². The van der Waals surface area contributed by atoms with Crippen LogP contribution in [0.3, 0.4) is 0 Å². The van der Waals surface area contributed by atoms with Crippen molar-refractivity contribution in [3.8, 4) is 0 Å². The minimum Gasteiger partial charge on any atom is -0.339 e. The van der Waals surface area contributed by atoms with Gasteiger partial charge in [-0.2, -0.15) is 0 Å². The second-order valence-corrected chi connectivity index (χ2v) is 6.86. The van der Waals surface area contributed by atoms with E-state index in [-0.39, 0.29) is 18.2 Å². The summed E-state index contributed by atoms with van der Waals surface area (Å²) in [6.07, 6.45) is 2.33. The number of hydrogen-bond acceptors (Lipinski definition) is 2. The Morgan fingerprint density at radius 1 is 0.960 bits per heavy atom. The number of anilines is 1. The second kappa shape index (κ2) is 7.89. The zero-order valence-corrected chi connectivity index (χ0v) is 15.1. The van der Waals surface area contributed by atoms with Crippen LogP contribution < -0.4 is 5.32 Å². The molecule has 1 aliphatic rings. The maximum atomic E-state index is 12.3. The Kier molecular flexibility index (Phi) is 5.61. The third kappa shape index (κ3) is 4.53. The average molecular weight is 377 g/mol. The van der Waals surface area contributed by atoms with Crippen LogP contribution >= 0.6 is 23.2 Å². The molecular weight excluding hydrogens is 359 g/mol. The number of hydrogen-bond donors (Lipinski definition) is 1. The van der Waals surface area contributed by atoms with Gasteiger partial charge in [0.05, 0.1) is 16.5 Å². The minimum atomic E-state index is -0.156. The summed E-state index contributed by atoms with van der Waals surface area (Å²) >= 11 is 11.8. The van der Waals surface area contributed by atoms with E-state index < -0.39 is 0 Å². The Labute approximate surface area is 156 Å². The predicted molar refractivity (Wildman–Crippen MR) is 100 cm³/mol.